The SMILES string of the molecule is COc1ccc2c(C#N)cc3c4ccccc4ncc3c2c1. The highest BCUT2D eigenvalue weighted by molar-refractivity contribution is 6.17. The smallest absolute Gasteiger partial charge is 0.119 e. The van der Waals surface area contributed by atoms with E-state index in [2.05, 4.69) is 11.1 Å². The van der Waals surface area contributed by atoms with Crippen molar-refractivity contribution in [2.45, 2.75) is 0 Å². The van der Waals surface area contributed by atoms with Gasteiger partial charge in [-0.1, -0.05) is 18.2 Å². The number of nitriles is 1. The number of aromatic nitrogens is 1. The fourth-order valence-electron chi connectivity index (χ4n) is 2.96. The molecule has 0 atom stereocenters. The number of ether oxygens (including phenoxy) is 1. The zero-order valence-electron chi connectivity index (χ0n) is 12.0. The van der Waals surface area contributed by atoms with Gasteiger partial charge in [-0.3, -0.25) is 4.98 Å². The number of para-hydroxylation sites is 1. The molecule has 0 N–H and O–H groups in total. The quantitative estimate of drug-likeness (QED) is 0.486. The van der Waals surface area contributed by atoms with Gasteiger partial charge in [0.2, 0.25) is 0 Å². The van der Waals surface area contributed by atoms with Crippen molar-refractivity contribution in [1.29, 1.82) is 5.26 Å². The summed E-state index contributed by atoms with van der Waals surface area (Å²) in [5, 5.41) is 14.5. The van der Waals surface area contributed by atoms with E-state index in [1.165, 1.54) is 0 Å². The maximum atomic E-state index is 9.50. The second kappa shape index (κ2) is 4.71. The minimum absolute atomic E-state index is 0.668. The van der Waals surface area contributed by atoms with Crippen LogP contribution in [0.3, 0.4) is 0 Å². The predicted molar refractivity (Wildman–Crippen MR) is 88.0 cm³/mol. The summed E-state index contributed by atoms with van der Waals surface area (Å²) in [6.07, 6.45) is 1.88. The lowest BCUT2D eigenvalue weighted by Crippen LogP contribution is -1.89. The lowest BCUT2D eigenvalue weighted by atomic mass is 9.96. The van der Waals surface area contributed by atoms with Crippen molar-refractivity contribution in [2.24, 2.45) is 0 Å². The molecule has 3 heteroatoms. The maximum absolute atomic E-state index is 9.50. The average molecular weight is 284 g/mol. The van der Waals surface area contributed by atoms with Crippen LogP contribution in [0.5, 0.6) is 5.75 Å². The van der Waals surface area contributed by atoms with E-state index in [1.807, 2.05) is 54.7 Å². The van der Waals surface area contributed by atoms with E-state index in [0.717, 1.165) is 38.2 Å². The molecule has 22 heavy (non-hydrogen) atoms. The van der Waals surface area contributed by atoms with E-state index in [0.29, 0.717) is 5.56 Å². The van der Waals surface area contributed by atoms with Gasteiger partial charge in [-0.05, 0) is 41.1 Å². The Morgan fingerprint density at radius 1 is 0.909 bits per heavy atom. The molecule has 3 nitrogen and oxygen atoms in total. The van der Waals surface area contributed by atoms with Crippen molar-refractivity contribution >= 4 is 32.4 Å². The van der Waals surface area contributed by atoms with Gasteiger partial charge in [0.05, 0.1) is 24.3 Å². The molecule has 0 aliphatic heterocycles. The number of hydrogen-bond donors (Lipinski definition) is 0. The number of nitrogens with zero attached hydrogens (tertiary/aromatic N) is 2. The molecule has 104 valence electrons. The van der Waals surface area contributed by atoms with Crippen molar-refractivity contribution in [2.75, 3.05) is 7.11 Å². The molecule has 0 aliphatic carbocycles. The number of benzene rings is 3. The van der Waals surface area contributed by atoms with Gasteiger partial charge in [-0.15, -0.1) is 0 Å². The molecule has 0 amide bonds. The van der Waals surface area contributed by atoms with Gasteiger partial charge in [0.15, 0.2) is 0 Å². The van der Waals surface area contributed by atoms with Crippen LogP contribution in [0.15, 0.2) is 54.7 Å². The summed E-state index contributed by atoms with van der Waals surface area (Å²) in [7, 11) is 1.64. The largest absolute Gasteiger partial charge is 0.497 e. The minimum atomic E-state index is 0.668. The third-order valence-electron chi connectivity index (χ3n) is 4.03. The van der Waals surface area contributed by atoms with Gasteiger partial charge >= 0.3 is 0 Å². The van der Waals surface area contributed by atoms with Crippen LogP contribution in [0.4, 0.5) is 0 Å². The van der Waals surface area contributed by atoms with E-state index in [1.54, 1.807) is 7.11 Å². The van der Waals surface area contributed by atoms with E-state index in [-0.39, 0.29) is 0 Å². The summed E-state index contributed by atoms with van der Waals surface area (Å²) in [4.78, 5) is 4.55. The number of rotatable bonds is 1. The average Bonchev–Trinajstić information content (AvgIpc) is 2.60. The molecule has 4 rings (SSSR count). The van der Waals surface area contributed by atoms with Crippen molar-refractivity contribution in [3.05, 3.63) is 60.3 Å². The molecular formula is C19H12N2O. The first-order valence-corrected chi connectivity index (χ1v) is 7.00. The van der Waals surface area contributed by atoms with Gasteiger partial charge in [0.25, 0.3) is 0 Å². The van der Waals surface area contributed by atoms with Gasteiger partial charge in [0.1, 0.15) is 5.75 Å². The van der Waals surface area contributed by atoms with Crippen LogP contribution < -0.4 is 4.74 Å². The fraction of sp³-hybridized carbons (Fsp3) is 0.0526. The van der Waals surface area contributed by atoms with Crippen LogP contribution in [0, 0.1) is 11.3 Å². The Balaban J connectivity index is 2.28. The highest BCUT2D eigenvalue weighted by Gasteiger charge is 2.10. The summed E-state index contributed by atoms with van der Waals surface area (Å²) in [6.45, 7) is 0. The summed E-state index contributed by atoms with van der Waals surface area (Å²) in [5.41, 5.74) is 1.60. The Bertz CT molecular complexity index is 1080. The number of pyridine rings is 1. The Kier molecular flexibility index (Phi) is 2.70. The summed E-state index contributed by atoms with van der Waals surface area (Å²) >= 11 is 0. The van der Waals surface area contributed by atoms with Crippen LogP contribution in [0.1, 0.15) is 5.56 Å². The highest BCUT2D eigenvalue weighted by Crippen LogP contribution is 2.34. The second-order valence-electron chi connectivity index (χ2n) is 5.18. The van der Waals surface area contributed by atoms with E-state index < -0.39 is 0 Å². The number of fused-ring (bicyclic) bond motifs is 5. The molecule has 0 spiro atoms. The number of hydrogen-bond acceptors (Lipinski definition) is 3. The molecule has 0 fully saturated rings. The minimum Gasteiger partial charge on any atom is -0.497 e. The van der Waals surface area contributed by atoms with Gasteiger partial charge in [-0.2, -0.15) is 5.26 Å². The fourth-order valence-corrected chi connectivity index (χ4v) is 2.96. The van der Waals surface area contributed by atoms with Crippen LogP contribution in [-0.2, 0) is 0 Å². The third kappa shape index (κ3) is 1.71. The van der Waals surface area contributed by atoms with Gasteiger partial charge < -0.3 is 4.74 Å². The molecule has 0 aliphatic rings. The van der Waals surface area contributed by atoms with E-state index >= 15 is 0 Å². The van der Waals surface area contributed by atoms with Crippen LogP contribution in [0.2, 0.25) is 0 Å². The number of methoxy groups -OCH3 is 1. The molecule has 4 aromatic rings. The molecular weight excluding hydrogens is 272 g/mol. The second-order valence-corrected chi connectivity index (χ2v) is 5.18. The van der Waals surface area contributed by atoms with E-state index in [4.69, 9.17) is 4.74 Å². The summed E-state index contributed by atoms with van der Waals surface area (Å²) < 4.78 is 5.33. The predicted octanol–water partition coefficient (Wildman–Crippen LogP) is 4.42. The normalized spacial score (nSPS) is 10.9. The van der Waals surface area contributed by atoms with Gasteiger partial charge in [-0.25, -0.2) is 0 Å². The Labute approximate surface area is 127 Å². The Morgan fingerprint density at radius 2 is 1.73 bits per heavy atom. The molecule has 0 radical (unpaired) electrons. The highest BCUT2D eigenvalue weighted by atomic mass is 16.5. The topological polar surface area (TPSA) is 45.9 Å². The zero-order chi connectivity index (χ0) is 15.1. The molecule has 0 saturated heterocycles. The van der Waals surface area contributed by atoms with Crippen molar-refractivity contribution in [3.63, 3.8) is 0 Å². The maximum Gasteiger partial charge on any atom is 0.119 e. The molecule has 1 heterocycles. The molecule has 1 aromatic heterocycles. The molecule has 3 aromatic carbocycles. The zero-order valence-corrected chi connectivity index (χ0v) is 12.0. The first-order valence-electron chi connectivity index (χ1n) is 7.00. The lowest BCUT2D eigenvalue weighted by molar-refractivity contribution is 0.415. The molecule has 0 bridgehead atoms. The molecule has 0 saturated carbocycles. The van der Waals surface area contributed by atoms with E-state index in [9.17, 15) is 5.26 Å². The van der Waals surface area contributed by atoms with Crippen molar-refractivity contribution in [3.8, 4) is 11.8 Å². The standard InChI is InChI=1S/C19H12N2O/c1-22-13-6-7-14-12(10-20)8-16-15-4-2-3-5-19(15)21-11-18(16)17(14)9-13/h2-9,11H,1H3. The summed E-state index contributed by atoms with van der Waals surface area (Å²) in [6, 6.07) is 18.0. The van der Waals surface area contributed by atoms with Crippen molar-refractivity contribution in [1.82, 2.24) is 4.98 Å². The van der Waals surface area contributed by atoms with Gasteiger partial charge in [0, 0.05) is 22.4 Å². The van der Waals surface area contributed by atoms with Crippen molar-refractivity contribution < 1.29 is 4.74 Å². The monoisotopic (exact) mass is 284 g/mol. The Hall–Kier alpha value is -3.12. The molecule has 0 unspecified atom stereocenters. The van der Waals surface area contributed by atoms with Crippen LogP contribution >= 0.6 is 0 Å². The lowest BCUT2D eigenvalue weighted by Gasteiger charge is -2.10. The Morgan fingerprint density at radius 3 is 2.55 bits per heavy atom. The van der Waals surface area contributed by atoms with Crippen LogP contribution in [0.25, 0.3) is 32.4 Å². The summed E-state index contributed by atoms with van der Waals surface area (Å²) in [5.74, 6) is 0.775. The van der Waals surface area contributed by atoms with Crippen LogP contribution in [-0.4, -0.2) is 12.1 Å². The first kappa shape index (κ1) is 12.6. The third-order valence-corrected chi connectivity index (χ3v) is 4.03. The first-order chi connectivity index (χ1) is 10.8.